The molecule has 2 heterocycles. The van der Waals surface area contributed by atoms with Crippen molar-refractivity contribution in [3.05, 3.63) is 42.2 Å². The zero-order valence-corrected chi connectivity index (χ0v) is 17.2. The van der Waals surface area contributed by atoms with E-state index in [-0.39, 0.29) is 5.91 Å². The van der Waals surface area contributed by atoms with E-state index in [1.165, 1.54) is 0 Å². The molecule has 1 aliphatic heterocycles. The first-order valence-corrected chi connectivity index (χ1v) is 10.9. The summed E-state index contributed by atoms with van der Waals surface area (Å²) in [5.41, 5.74) is 1.15. The van der Waals surface area contributed by atoms with Gasteiger partial charge in [0.1, 0.15) is 12.4 Å². The number of hydrogen-bond acceptors (Lipinski definition) is 5. The van der Waals surface area contributed by atoms with Crippen LogP contribution in [0.3, 0.4) is 0 Å². The lowest BCUT2D eigenvalue weighted by molar-refractivity contribution is -0.123. The molecule has 0 atom stereocenters. The third kappa shape index (κ3) is 4.89. The summed E-state index contributed by atoms with van der Waals surface area (Å²) in [4.78, 5) is 19.2. The number of carbonyl (C=O) groups excluding carboxylic acids is 1. The van der Waals surface area contributed by atoms with E-state index >= 15 is 0 Å². The monoisotopic (exact) mass is 400 g/mol. The summed E-state index contributed by atoms with van der Waals surface area (Å²) >= 11 is 1.86. The van der Waals surface area contributed by atoms with Crippen molar-refractivity contribution in [1.82, 2.24) is 19.8 Å². The number of thioether (sulfide) groups is 1. The minimum Gasteiger partial charge on any atom is -0.492 e. The van der Waals surface area contributed by atoms with Gasteiger partial charge < -0.3 is 14.6 Å². The van der Waals surface area contributed by atoms with Crippen molar-refractivity contribution in [1.29, 1.82) is 0 Å². The fourth-order valence-corrected chi connectivity index (χ4v) is 5.09. The Morgan fingerprint density at radius 3 is 2.89 bits per heavy atom. The molecule has 1 aromatic carbocycles. The average molecular weight is 401 g/mol. The van der Waals surface area contributed by atoms with Crippen LogP contribution in [0.15, 0.2) is 41.8 Å². The second-order valence-corrected chi connectivity index (χ2v) is 8.91. The first kappa shape index (κ1) is 19.3. The minimum atomic E-state index is 0.125. The van der Waals surface area contributed by atoms with Gasteiger partial charge in [0.25, 0.3) is 0 Å². The molecule has 1 amide bonds. The van der Waals surface area contributed by atoms with E-state index in [9.17, 15) is 4.79 Å². The average Bonchev–Trinajstić information content (AvgIpc) is 2.97. The second kappa shape index (κ2) is 9.01. The number of ether oxygens (including phenoxy) is 1. The zero-order chi connectivity index (χ0) is 19.3. The van der Waals surface area contributed by atoms with Crippen LogP contribution in [-0.4, -0.2) is 51.3 Å². The van der Waals surface area contributed by atoms with Crippen molar-refractivity contribution in [3.8, 4) is 5.75 Å². The van der Waals surface area contributed by atoms with E-state index in [0.717, 1.165) is 55.2 Å². The predicted octanol–water partition coefficient (Wildman–Crippen LogP) is 2.83. The molecule has 4 rings (SSSR count). The van der Waals surface area contributed by atoms with Gasteiger partial charge in [0.15, 0.2) is 5.16 Å². The van der Waals surface area contributed by atoms with E-state index in [1.807, 2.05) is 49.4 Å². The number of amides is 1. The largest absolute Gasteiger partial charge is 0.492 e. The summed E-state index contributed by atoms with van der Waals surface area (Å²) in [5, 5.41) is 4.92. The van der Waals surface area contributed by atoms with Crippen LogP contribution >= 0.6 is 11.8 Å². The van der Waals surface area contributed by atoms with Crippen molar-refractivity contribution in [2.45, 2.75) is 48.7 Å². The normalized spacial score (nSPS) is 22.8. The van der Waals surface area contributed by atoms with Gasteiger partial charge in [0.05, 0.1) is 6.54 Å². The molecule has 2 aromatic rings. The lowest BCUT2D eigenvalue weighted by atomic mass is 9.95. The van der Waals surface area contributed by atoms with Gasteiger partial charge >= 0.3 is 0 Å². The van der Waals surface area contributed by atoms with Crippen molar-refractivity contribution in [3.63, 3.8) is 0 Å². The summed E-state index contributed by atoms with van der Waals surface area (Å²) in [7, 11) is 2.04. The standard InChI is InChI=1S/C21H28N4O2S/c1-24-11-10-22-21(24)28-18-8-6-17(7-9-18)23-20(26)15-25-12-13-27-19-5-3-2-4-16(19)14-25/h2-5,10-11,17-18H,6-9,12-15H2,1H3,(H,23,26). The molecule has 28 heavy (non-hydrogen) atoms. The maximum absolute atomic E-state index is 12.6. The Hall–Kier alpha value is -1.99. The molecule has 0 saturated heterocycles. The summed E-state index contributed by atoms with van der Waals surface area (Å²) in [6, 6.07) is 8.38. The van der Waals surface area contributed by atoms with Crippen molar-refractivity contribution < 1.29 is 9.53 Å². The molecule has 6 nitrogen and oxygen atoms in total. The van der Waals surface area contributed by atoms with Gasteiger partial charge in [-0.05, 0) is 31.7 Å². The SMILES string of the molecule is Cn1ccnc1SC1CCC(NC(=O)CN2CCOc3ccccc3C2)CC1. The highest BCUT2D eigenvalue weighted by Crippen LogP contribution is 2.32. The molecule has 2 aliphatic rings. The van der Waals surface area contributed by atoms with E-state index in [4.69, 9.17) is 4.74 Å². The van der Waals surface area contributed by atoms with Crippen LogP contribution in [0, 0.1) is 0 Å². The van der Waals surface area contributed by atoms with E-state index in [2.05, 4.69) is 25.8 Å². The van der Waals surface area contributed by atoms with Crippen molar-refractivity contribution >= 4 is 17.7 Å². The Morgan fingerprint density at radius 2 is 2.11 bits per heavy atom. The fourth-order valence-electron chi connectivity index (χ4n) is 3.93. The first-order valence-electron chi connectivity index (χ1n) is 10.0. The molecule has 1 saturated carbocycles. The fraction of sp³-hybridized carbons (Fsp3) is 0.524. The van der Waals surface area contributed by atoms with Crippen LogP contribution in [-0.2, 0) is 18.4 Å². The molecule has 0 spiro atoms. The van der Waals surface area contributed by atoms with Gasteiger partial charge in [-0.3, -0.25) is 9.69 Å². The van der Waals surface area contributed by atoms with Gasteiger partial charge in [0.2, 0.25) is 5.91 Å². The maximum Gasteiger partial charge on any atom is 0.234 e. The highest BCUT2D eigenvalue weighted by molar-refractivity contribution is 7.99. The van der Waals surface area contributed by atoms with Gasteiger partial charge in [0, 0.05) is 49.4 Å². The third-order valence-electron chi connectivity index (χ3n) is 5.49. The predicted molar refractivity (Wildman–Crippen MR) is 110 cm³/mol. The number of aryl methyl sites for hydroxylation is 1. The van der Waals surface area contributed by atoms with Crippen molar-refractivity contribution in [2.75, 3.05) is 19.7 Å². The molecular weight excluding hydrogens is 372 g/mol. The Morgan fingerprint density at radius 1 is 1.29 bits per heavy atom. The number of carbonyl (C=O) groups is 1. The van der Waals surface area contributed by atoms with Gasteiger partial charge in [-0.2, -0.15) is 0 Å². The van der Waals surface area contributed by atoms with Gasteiger partial charge in [-0.15, -0.1) is 0 Å². The lowest BCUT2D eigenvalue weighted by Crippen LogP contribution is -2.44. The molecule has 0 bridgehead atoms. The summed E-state index contributed by atoms with van der Waals surface area (Å²) in [6.45, 7) is 2.59. The summed E-state index contributed by atoms with van der Waals surface area (Å²) < 4.78 is 7.86. The topological polar surface area (TPSA) is 59.4 Å². The number of rotatable bonds is 5. The number of nitrogens with zero attached hydrogens (tertiary/aromatic N) is 3. The minimum absolute atomic E-state index is 0.125. The first-order chi connectivity index (χ1) is 13.7. The van der Waals surface area contributed by atoms with Crippen LogP contribution in [0.5, 0.6) is 5.75 Å². The molecule has 1 aromatic heterocycles. The number of hydrogen-bond donors (Lipinski definition) is 1. The van der Waals surface area contributed by atoms with Gasteiger partial charge in [-0.25, -0.2) is 4.98 Å². The molecule has 150 valence electrons. The number of aromatic nitrogens is 2. The molecule has 1 aliphatic carbocycles. The molecule has 0 radical (unpaired) electrons. The molecular formula is C21H28N4O2S. The van der Waals surface area contributed by atoms with E-state index < -0.39 is 0 Å². The number of fused-ring (bicyclic) bond motifs is 1. The molecule has 1 N–H and O–H groups in total. The quantitative estimate of drug-likeness (QED) is 0.836. The third-order valence-corrected chi connectivity index (χ3v) is 6.90. The highest BCUT2D eigenvalue weighted by Gasteiger charge is 2.25. The summed E-state index contributed by atoms with van der Waals surface area (Å²) in [6.07, 6.45) is 8.15. The molecule has 1 fully saturated rings. The van der Waals surface area contributed by atoms with Crippen molar-refractivity contribution in [2.24, 2.45) is 7.05 Å². The maximum atomic E-state index is 12.6. The van der Waals surface area contributed by atoms with Crippen LogP contribution in [0.4, 0.5) is 0 Å². The van der Waals surface area contributed by atoms with Crippen LogP contribution in [0.2, 0.25) is 0 Å². The van der Waals surface area contributed by atoms with Gasteiger partial charge in [-0.1, -0.05) is 30.0 Å². The molecule has 7 heteroatoms. The Kier molecular flexibility index (Phi) is 6.22. The second-order valence-electron chi connectivity index (χ2n) is 7.65. The lowest BCUT2D eigenvalue weighted by Gasteiger charge is -2.29. The van der Waals surface area contributed by atoms with Crippen LogP contribution < -0.4 is 10.1 Å². The zero-order valence-electron chi connectivity index (χ0n) is 16.3. The number of benzene rings is 1. The van der Waals surface area contributed by atoms with Crippen LogP contribution in [0.1, 0.15) is 31.2 Å². The van der Waals surface area contributed by atoms with Crippen LogP contribution in [0.25, 0.3) is 0 Å². The number of para-hydroxylation sites is 1. The molecule has 0 unspecified atom stereocenters. The van der Waals surface area contributed by atoms with E-state index in [1.54, 1.807) is 0 Å². The Balaban J connectivity index is 1.22. The van der Waals surface area contributed by atoms with E-state index in [0.29, 0.717) is 24.4 Å². The number of nitrogens with one attached hydrogen (secondary N) is 1. The Bertz CT molecular complexity index is 801. The Labute approximate surface area is 170 Å². The number of imidazole rings is 1. The summed E-state index contributed by atoms with van der Waals surface area (Å²) in [5.74, 6) is 1.06. The smallest absolute Gasteiger partial charge is 0.234 e. The highest BCUT2D eigenvalue weighted by atomic mass is 32.2.